The maximum absolute atomic E-state index is 2.36. The summed E-state index contributed by atoms with van der Waals surface area (Å²) in [6, 6.07) is 9.94. The van der Waals surface area contributed by atoms with Crippen molar-refractivity contribution in [2.75, 3.05) is 19.0 Å². The van der Waals surface area contributed by atoms with E-state index in [-0.39, 0.29) is 8.80 Å². The third-order valence-corrected chi connectivity index (χ3v) is 3.11. The lowest BCUT2D eigenvalue weighted by atomic mass is 10.2. The lowest BCUT2D eigenvalue weighted by Gasteiger charge is -2.17. The van der Waals surface area contributed by atoms with Gasteiger partial charge >= 0.3 is 0 Å². The molecule has 1 radical (unpaired) electrons. The SMILES string of the molecule is CN(C)c1ccccc1C[Si](C)C. The molecule has 0 spiro atoms. The van der Waals surface area contributed by atoms with Crippen molar-refractivity contribution in [2.24, 2.45) is 0 Å². The van der Waals surface area contributed by atoms with Crippen LogP contribution in [0.1, 0.15) is 5.56 Å². The predicted molar refractivity (Wildman–Crippen MR) is 62.0 cm³/mol. The van der Waals surface area contributed by atoms with E-state index in [4.69, 9.17) is 0 Å². The van der Waals surface area contributed by atoms with Crippen LogP contribution >= 0.6 is 0 Å². The van der Waals surface area contributed by atoms with Gasteiger partial charge in [0.05, 0.1) is 0 Å². The zero-order chi connectivity index (χ0) is 9.84. The molecule has 1 rings (SSSR count). The first-order valence-corrected chi connectivity index (χ1v) is 7.36. The molecule has 0 unspecified atom stereocenters. The van der Waals surface area contributed by atoms with Crippen molar-refractivity contribution >= 4 is 14.5 Å². The van der Waals surface area contributed by atoms with Gasteiger partial charge in [-0.1, -0.05) is 31.3 Å². The van der Waals surface area contributed by atoms with E-state index in [9.17, 15) is 0 Å². The van der Waals surface area contributed by atoms with E-state index in [1.807, 2.05) is 0 Å². The summed E-state index contributed by atoms with van der Waals surface area (Å²) in [4.78, 5) is 2.19. The van der Waals surface area contributed by atoms with Crippen LogP contribution < -0.4 is 4.90 Å². The van der Waals surface area contributed by atoms with Crippen molar-refractivity contribution in [3.8, 4) is 0 Å². The molecule has 0 bridgehead atoms. The largest absolute Gasteiger partial charge is 0.377 e. The van der Waals surface area contributed by atoms with Crippen molar-refractivity contribution in [3.63, 3.8) is 0 Å². The summed E-state index contributed by atoms with van der Waals surface area (Å²) in [6.45, 7) is 4.72. The van der Waals surface area contributed by atoms with Crippen LogP contribution in [0.4, 0.5) is 5.69 Å². The highest BCUT2D eigenvalue weighted by atomic mass is 28.3. The smallest absolute Gasteiger partial charge is 0.0461 e. The van der Waals surface area contributed by atoms with Crippen molar-refractivity contribution in [2.45, 2.75) is 19.1 Å². The van der Waals surface area contributed by atoms with Crippen LogP contribution in [0.2, 0.25) is 13.1 Å². The molecule has 0 amide bonds. The predicted octanol–water partition coefficient (Wildman–Crippen LogP) is 2.59. The second-order valence-corrected chi connectivity index (χ2v) is 6.67. The summed E-state index contributed by atoms with van der Waals surface area (Å²) in [6.07, 6.45) is 0. The third kappa shape index (κ3) is 2.88. The average Bonchev–Trinajstić information content (AvgIpc) is 2.03. The van der Waals surface area contributed by atoms with Crippen molar-refractivity contribution < 1.29 is 0 Å². The van der Waals surface area contributed by atoms with Gasteiger partial charge in [-0.3, -0.25) is 0 Å². The molecule has 0 aromatic heterocycles. The van der Waals surface area contributed by atoms with Crippen LogP contribution in [0, 0.1) is 0 Å². The Morgan fingerprint density at radius 3 is 2.31 bits per heavy atom. The summed E-state index contributed by atoms with van der Waals surface area (Å²) < 4.78 is 0. The maximum atomic E-state index is 2.36. The van der Waals surface area contributed by atoms with Crippen LogP contribution in [-0.4, -0.2) is 22.9 Å². The minimum absolute atomic E-state index is 0.169. The lowest BCUT2D eigenvalue weighted by Crippen LogP contribution is -2.14. The van der Waals surface area contributed by atoms with Gasteiger partial charge in [0.15, 0.2) is 0 Å². The monoisotopic (exact) mass is 192 g/mol. The minimum atomic E-state index is -0.169. The Morgan fingerprint density at radius 1 is 1.15 bits per heavy atom. The number of para-hydroxylation sites is 1. The van der Waals surface area contributed by atoms with Gasteiger partial charge in [-0.05, 0) is 17.7 Å². The molecule has 0 saturated heterocycles. The Labute approximate surface area is 83.0 Å². The fourth-order valence-electron chi connectivity index (χ4n) is 1.48. The van der Waals surface area contributed by atoms with E-state index in [0.717, 1.165) is 0 Å². The quantitative estimate of drug-likeness (QED) is 0.665. The number of rotatable bonds is 3. The Kier molecular flexibility index (Phi) is 3.55. The highest BCUT2D eigenvalue weighted by Crippen LogP contribution is 2.18. The van der Waals surface area contributed by atoms with E-state index in [0.29, 0.717) is 0 Å². The molecule has 0 saturated carbocycles. The van der Waals surface area contributed by atoms with E-state index < -0.39 is 0 Å². The van der Waals surface area contributed by atoms with E-state index >= 15 is 0 Å². The van der Waals surface area contributed by atoms with Crippen LogP contribution in [0.3, 0.4) is 0 Å². The molecule has 71 valence electrons. The highest BCUT2D eigenvalue weighted by molar-refractivity contribution is 6.55. The molecular formula is C11H18NSi. The van der Waals surface area contributed by atoms with Gasteiger partial charge in [-0.15, -0.1) is 0 Å². The fourth-order valence-corrected chi connectivity index (χ4v) is 2.54. The molecule has 1 aromatic rings. The molecule has 0 fully saturated rings. The van der Waals surface area contributed by atoms with E-state index in [2.05, 4.69) is 56.4 Å². The van der Waals surface area contributed by atoms with Gasteiger partial charge in [0.2, 0.25) is 0 Å². The Balaban J connectivity index is 2.91. The van der Waals surface area contributed by atoms with Gasteiger partial charge in [0.1, 0.15) is 0 Å². The summed E-state index contributed by atoms with van der Waals surface area (Å²) in [5.74, 6) is 0. The maximum Gasteiger partial charge on any atom is 0.0461 e. The molecule has 13 heavy (non-hydrogen) atoms. The molecule has 0 aliphatic heterocycles. The van der Waals surface area contributed by atoms with Gasteiger partial charge in [-0.2, -0.15) is 0 Å². The number of benzene rings is 1. The number of hydrogen-bond donors (Lipinski definition) is 0. The number of hydrogen-bond acceptors (Lipinski definition) is 1. The minimum Gasteiger partial charge on any atom is -0.377 e. The molecule has 0 atom stereocenters. The van der Waals surface area contributed by atoms with Gasteiger partial charge in [-0.25, -0.2) is 0 Å². The fraction of sp³-hybridized carbons (Fsp3) is 0.455. The van der Waals surface area contributed by atoms with E-state index in [1.165, 1.54) is 17.3 Å². The molecule has 0 aliphatic rings. The number of nitrogens with zero attached hydrogens (tertiary/aromatic N) is 1. The second kappa shape index (κ2) is 4.47. The van der Waals surface area contributed by atoms with Crippen LogP contribution in [0.15, 0.2) is 24.3 Å². The molecule has 1 nitrogen and oxygen atoms in total. The molecular weight excluding hydrogens is 174 g/mol. The average molecular weight is 192 g/mol. The van der Waals surface area contributed by atoms with Crippen molar-refractivity contribution in [1.82, 2.24) is 0 Å². The normalized spacial score (nSPS) is 10.5. The van der Waals surface area contributed by atoms with Crippen LogP contribution in [0.5, 0.6) is 0 Å². The molecule has 2 heteroatoms. The second-order valence-electron chi connectivity index (χ2n) is 3.91. The lowest BCUT2D eigenvalue weighted by molar-refractivity contribution is 1.11. The summed E-state index contributed by atoms with van der Waals surface area (Å²) in [7, 11) is 4.05. The Bertz CT molecular complexity index is 269. The highest BCUT2D eigenvalue weighted by Gasteiger charge is 2.05. The zero-order valence-electron chi connectivity index (χ0n) is 8.96. The molecule has 1 aromatic carbocycles. The summed E-state index contributed by atoms with van der Waals surface area (Å²) >= 11 is 0. The molecule has 0 heterocycles. The Morgan fingerprint density at radius 2 is 1.77 bits per heavy atom. The van der Waals surface area contributed by atoms with Gasteiger partial charge in [0, 0.05) is 28.6 Å². The molecule has 0 aliphatic carbocycles. The zero-order valence-corrected chi connectivity index (χ0v) is 9.96. The first kappa shape index (κ1) is 10.3. The van der Waals surface area contributed by atoms with Crippen LogP contribution in [0.25, 0.3) is 0 Å². The van der Waals surface area contributed by atoms with Crippen molar-refractivity contribution in [1.29, 1.82) is 0 Å². The number of anilines is 1. The first-order valence-electron chi connectivity index (χ1n) is 4.65. The van der Waals surface area contributed by atoms with Crippen LogP contribution in [-0.2, 0) is 6.04 Å². The third-order valence-electron chi connectivity index (χ3n) is 2.02. The topological polar surface area (TPSA) is 3.24 Å². The van der Waals surface area contributed by atoms with Crippen molar-refractivity contribution in [3.05, 3.63) is 29.8 Å². The Hall–Kier alpha value is -0.763. The van der Waals surface area contributed by atoms with Gasteiger partial charge in [0.25, 0.3) is 0 Å². The standard InChI is InChI=1S/C11H18NSi/c1-12(2)11-8-6-5-7-10(11)9-13(3)4/h5-8H,9H2,1-4H3. The summed E-state index contributed by atoms with van der Waals surface area (Å²) in [5, 5.41) is 0. The summed E-state index contributed by atoms with van der Waals surface area (Å²) in [5.41, 5.74) is 2.86. The first-order chi connectivity index (χ1) is 6.11. The van der Waals surface area contributed by atoms with E-state index in [1.54, 1.807) is 0 Å². The molecule has 0 N–H and O–H groups in total. The van der Waals surface area contributed by atoms with Gasteiger partial charge < -0.3 is 4.90 Å².